The van der Waals surface area contributed by atoms with E-state index in [-0.39, 0.29) is 0 Å². The maximum atomic E-state index is 3.65. The molecule has 20 heavy (non-hydrogen) atoms. The summed E-state index contributed by atoms with van der Waals surface area (Å²) in [6.45, 7) is 9.30. The zero-order valence-electron chi connectivity index (χ0n) is 13.8. The molecular weight excluding hydrogens is 260 g/mol. The molecule has 0 radical (unpaired) electrons. The summed E-state index contributed by atoms with van der Waals surface area (Å²) in [6.07, 6.45) is 4.05. The van der Waals surface area contributed by atoms with Gasteiger partial charge >= 0.3 is 0 Å². The van der Waals surface area contributed by atoms with Gasteiger partial charge in [-0.1, -0.05) is 49.1 Å². The lowest BCUT2D eigenvalue weighted by atomic mass is 9.75. The smallest absolute Gasteiger partial charge is 0.0775 e. The fourth-order valence-corrected chi connectivity index (χ4v) is 4.10. The Bertz CT molecular complexity index is 427. The first-order valence-electron chi connectivity index (χ1n) is 7.81. The van der Waals surface area contributed by atoms with Gasteiger partial charge in [0.15, 0.2) is 0 Å². The van der Waals surface area contributed by atoms with Crippen molar-refractivity contribution in [2.75, 3.05) is 20.6 Å². The molecule has 112 valence electrons. The van der Waals surface area contributed by atoms with E-state index >= 15 is 0 Å². The summed E-state index contributed by atoms with van der Waals surface area (Å²) >= 11 is 0. The number of nitrogens with one attached hydrogen (secondary N) is 1. The van der Waals surface area contributed by atoms with E-state index in [1.807, 2.05) is 0 Å². The van der Waals surface area contributed by atoms with Crippen molar-refractivity contribution in [3.63, 3.8) is 0 Å². The molecule has 0 heterocycles. The molecule has 1 aliphatic carbocycles. The van der Waals surface area contributed by atoms with E-state index in [0.29, 0.717) is 5.54 Å². The van der Waals surface area contributed by atoms with Crippen LogP contribution >= 0.6 is 0 Å². The van der Waals surface area contributed by atoms with Crippen molar-refractivity contribution < 1.29 is 0 Å². The molecule has 1 aromatic rings. The Kier molecular flexibility index (Phi) is 4.72. The Morgan fingerprint density at radius 2 is 1.70 bits per heavy atom. The van der Waals surface area contributed by atoms with Gasteiger partial charge in [0.1, 0.15) is 0 Å². The maximum Gasteiger partial charge on any atom is 0.0775 e. The number of rotatable bonds is 6. The van der Waals surface area contributed by atoms with Crippen molar-refractivity contribution in [3.8, 4) is 0 Å². The molecule has 3 heteroatoms. The molecular formula is C17H30N2Si. The molecule has 1 saturated carbocycles. The zero-order valence-corrected chi connectivity index (χ0v) is 14.8. The standard InChI is InChI=1S/C17H30N2Si/c1-19(2)17(11-6-12-17)14-18-13-15-7-9-16(10-8-15)20(3,4)5/h7-10,18H,6,11-14H2,1-5H3. The Morgan fingerprint density at radius 3 is 2.10 bits per heavy atom. The van der Waals surface area contributed by atoms with Crippen LogP contribution in [0.2, 0.25) is 19.6 Å². The third kappa shape index (κ3) is 3.51. The minimum absolute atomic E-state index is 0.415. The van der Waals surface area contributed by atoms with Crippen LogP contribution in [0.4, 0.5) is 0 Å². The quantitative estimate of drug-likeness (QED) is 0.811. The van der Waals surface area contributed by atoms with E-state index in [9.17, 15) is 0 Å². The third-order valence-corrected chi connectivity index (χ3v) is 6.90. The van der Waals surface area contributed by atoms with Crippen molar-refractivity contribution in [2.24, 2.45) is 0 Å². The minimum atomic E-state index is -1.16. The molecule has 0 atom stereocenters. The van der Waals surface area contributed by atoms with Gasteiger partial charge in [0, 0.05) is 18.6 Å². The Morgan fingerprint density at radius 1 is 1.10 bits per heavy atom. The topological polar surface area (TPSA) is 15.3 Å². The average Bonchev–Trinajstić information content (AvgIpc) is 2.31. The van der Waals surface area contributed by atoms with Crippen molar-refractivity contribution in [1.82, 2.24) is 10.2 Å². The van der Waals surface area contributed by atoms with Gasteiger partial charge in [-0.25, -0.2) is 0 Å². The van der Waals surface area contributed by atoms with E-state index in [4.69, 9.17) is 0 Å². The molecule has 0 aliphatic heterocycles. The molecule has 0 spiro atoms. The van der Waals surface area contributed by atoms with Gasteiger partial charge in [-0.05, 0) is 38.9 Å². The van der Waals surface area contributed by atoms with E-state index in [1.54, 1.807) is 5.19 Å². The highest BCUT2D eigenvalue weighted by atomic mass is 28.3. The molecule has 2 rings (SSSR count). The highest BCUT2D eigenvalue weighted by Crippen LogP contribution is 2.35. The van der Waals surface area contributed by atoms with Crippen molar-refractivity contribution in [3.05, 3.63) is 29.8 Å². The van der Waals surface area contributed by atoms with E-state index < -0.39 is 8.07 Å². The summed E-state index contributed by atoms with van der Waals surface area (Å²) < 4.78 is 0. The first-order valence-corrected chi connectivity index (χ1v) is 11.3. The number of hydrogen-bond acceptors (Lipinski definition) is 2. The number of benzene rings is 1. The summed E-state index contributed by atoms with van der Waals surface area (Å²) in [5.41, 5.74) is 1.82. The first-order chi connectivity index (χ1) is 9.33. The van der Waals surface area contributed by atoms with Crippen LogP contribution in [0.15, 0.2) is 24.3 Å². The van der Waals surface area contributed by atoms with Gasteiger partial charge < -0.3 is 10.2 Å². The molecule has 0 unspecified atom stereocenters. The van der Waals surface area contributed by atoms with Gasteiger partial charge in [-0.3, -0.25) is 0 Å². The van der Waals surface area contributed by atoms with Crippen LogP contribution in [0.25, 0.3) is 0 Å². The Hall–Kier alpha value is -0.643. The molecule has 1 fully saturated rings. The lowest BCUT2D eigenvalue weighted by Gasteiger charge is -2.47. The van der Waals surface area contributed by atoms with E-state index in [0.717, 1.165) is 13.1 Å². The maximum absolute atomic E-state index is 3.65. The number of likely N-dealkylation sites (N-methyl/N-ethyl adjacent to an activating group) is 1. The second kappa shape index (κ2) is 6.00. The van der Waals surface area contributed by atoms with Crippen molar-refractivity contribution in [2.45, 2.75) is 51.0 Å². The van der Waals surface area contributed by atoms with Crippen LogP contribution in [0.1, 0.15) is 24.8 Å². The van der Waals surface area contributed by atoms with Gasteiger partial charge in [0.2, 0.25) is 0 Å². The van der Waals surface area contributed by atoms with Crippen LogP contribution in [0, 0.1) is 0 Å². The predicted molar refractivity (Wildman–Crippen MR) is 91.4 cm³/mol. The summed E-state index contributed by atoms with van der Waals surface area (Å²) in [6, 6.07) is 9.25. The molecule has 1 aliphatic rings. The normalized spacial score (nSPS) is 18.1. The van der Waals surface area contributed by atoms with Gasteiger partial charge in [-0.15, -0.1) is 0 Å². The molecule has 1 N–H and O–H groups in total. The van der Waals surface area contributed by atoms with Crippen LogP contribution in [-0.4, -0.2) is 39.2 Å². The van der Waals surface area contributed by atoms with Crippen molar-refractivity contribution >= 4 is 13.3 Å². The van der Waals surface area contributed by atoms with Crippen LogP contribution in [-0.2, 0) is 6.54 Å². The van der Waals surface area contributed by atoms with Gasteiger partial charge in [0.05, 0.1) is 8.07 Å². The first kappa shape index (κ1) is 15.7. The summed E-state index contributed by atoms with van der Waals surface area (Å²) in [4.78, 5) is 2.40. The lowest BCUT2D eigenvalue weighted by Crippen LogP contribution is -2.56. The van der Waals surface area contributed by atoms with Gasteiger partial charge in [-0.2, -0.15) is 0 Å². The van der Waals surface area contributed by atoms with E-state index in [1.165, 1.54) is 24.8 Å². The minimum Gasteiger partial charge on any atom is -0.311 e. The number of nitrogens with zero attached hydrogens (tertiary/aromatic N) is 1. The summed E-state index contributed by atoms with van der Waals surface area (Å²) in [5, 5.41) is 5.20. The highest BCUT2D eigenvalue weighted by Gasteiger charge is 2.38. The Labute approximate surface area is 125 Å². The molecule has 0 aromatic heterocycles. The van der Waals surface area contributed by atoms with E-state index in [2.05, 4.69) is 68.2 Å². The van der Waals surface area contributed by atoms with Crippen LogP contribution in [0.5, 0.6) is 0 Å². The van der Waals surface area contributed by atoms with Crippen LogP contribution < -0.4 is 10.5 Å². The molecule has 1 aromatic carbocycles. The SMILES string of the molecule is CN(C)C1(CNCc2ccc([Si](C)(C)C)cc2)CCC1. The summed E-state index contributed by atoms with van der Waals surface area (Å²) in [7, 11) is 3.27. The average molecular weight is 291 g/mol. The fraction of sp³-hybridized carbons (Fsp3) is 0.647. The third-order valence-electron chi connectivity index (χ3n) is 4.84. The monoisotopic (exact) mass is 290 g/mol. The second-order valence-electron chi connectivity index (χ2n) is 7.52. The molecule has 2 nitrogen and oxygen atoms in total. The second-order valence-corrected chi connectivity index (χ2v) is 12.6. The summed E-state index contributed by atoms with van der Waals surface area (Å²) in [5.74, 6) is 0. The highest BCUT2D eigenvalue weighted by molar-refractivity contribution is 6.88. The molecule has 0 saturated heterocycles. The molecule has 0 bridgehead atoms. The fourth-order valence-electron chi connectivity index (χ4n) is 2.93. The molecule has 0 amide bonds. The van der Waals surface area contributed by atoms with Gasteiger partial charge in [0.25, 0.3) is 0 Å². The lowest BCUT2D eigenvalue weighted by molar-refractivity contribution is 0.0598. The number of hydrogen-bond donors (Lipinski definition) is 1. The van der Waals surface area contributed by atoms with Crippen molar-refractivity contribution in [1.29, 1.82) is 0 Å². The Balaban J connectivity index is 1.86. The largest absolute Gasteiger partial charge is 0.311 e. The van der Waals surface area contributed by atoms with Crippen LogP contribution in [0.3, 0.4) is 0 Å². The zero-order chi connectivity index (χ0) is 14.8. The predicted octanol–water partition coefficient (Wildman–Crippen LogP) is 2.81.